The van der Waals surface area contributed by atoms with Gasteiger partial charge >= 0.3 is 0 Å². The molecule has 4 nitrogen and oxygen atoms in total. The third-order valence-electron chi connectivity index (χ3n) is 3.53. The Morgan fingerprint density at radius 3 is 2.48 bits per heavy atom. The lowest BCUT2D eigenvalue weighted by atomic mass is 10.1. The highest BCUT2D eigenvalue weighted by Crippen LogP contribution is 2.26. The number of rotatable bonds is 3. The molecule has 116 valence electrons. The van der Waals surface area contributed by atoms with Crippen LogP contribution in [0.25, 0.3) is 0 Å². The fraction of sp³-hybridized carbons (Fsp3) is 0.167. The van der Waals surface area contributed by atoms with Gasteiger partial charge in [-0.05, 0) is 31.5 Å². The van der Waals surface area contributed by atoms with E-state index in [0.717, 1.165) is 17.0 Å². The van der Waals surface area contributed by atoms with Gasteiger partial charge in [-0.15, -0.1) is 5.10 Å². The van der Waals surface area contributed by atoms with Gasteiger partial charge in [-0.1, -0.05) is 59.8 Å². The number of hydrogen-bond acceptors (Lipinski definition) is 4. The van der Waals surface area contributed by atoms with Crippen LogP contribution in [0.4, 0.5) is 5.69 Å². The largest absolute Gasteiger partial charge is 0.273 e. The van der Waals surface area contributed by atoms with E-state index in [1.807, 2.05) is 61.5 Å². The zero-order valence-electron chi connectivity index (χ0n) is 13.1. The molecule has 0 bridgehead atoms. The smallest absolute Gasteiger partial charge is 0.243 e. The van der Waals surface area contributed by atoms with Crippen molar-refractivity contribution in [3.8, 4) is 0 Å². The average molecular weight is 323 g/mol. The van der Waals surface area contributed by atoms with Crippen molar-refractivity contribution in [3.05, 3.63) is 65.7 Å². The molecule has 0 aromatic heterocycles. The molecule has 2 aromatic carbocycles. The van der Waals surface area contributed by atoms with Gasteiger partial charge < -0.3 is 0 Å². The number of anilines is 1. The Hall–Kier alpha value is -2.40. The Labute approximate surface area is 139 Å². The SMILES string of the molecule is C/C(=N\N=C1/SCC(=O)N1c1ccccc1)c1ccc(C)cc1. The quantitative estimate of drug-likeness (QED) is 0.636. The standard InChI is InChI=1S/C18H17N3OS/c1-13-8-10-15(11-9-13)14(2)19-20-18-21(17(22)12-23-18)16-6-4-3-5-7-16/h3-11H,12H2,1-2H3/b19-14+,20-18-. The zero-order valence-corrected chi connectivity index (χ0v) is 13.9. The highest BCUT2D eigenvalue weighted by Gasteiger charge is 2.29. The van der Waals surface area contributed by atoms with Gasteiger partial charge in [-0.25, -0.2) is 0 Å². The van der Waals surface area contributed by atoms with Crippen LogP contribution in [0.3, 0.4) is 0 Å². The van der Waals surface area contributed by atoms with Gasteiger partial charge in [0.05, 0.1) is 17.2 Å². The molecule has 0 radical (unpaired) electrons. The number of amides is 1. The lowest BCUT2D eigenvalue weighted by Gasteiger charge is -2.14. The summed E-state index contributed by atoms with van der Waals surface area (Å²) >= 11 is 1.41. The summed E-state index contributed by atoms with van der Waals surface area (Å²) in [5.41, 5.74) is 3.88. The fourth-order valence-electron chi connectivity index (χ4n) is 2.24. The van der Waals surface area contributed by atoms with E-state index in [0.29, 0.717) is 10.9 Å². The third-order valence-corrected chi connectivity index (χ3v) is 4.45. The molecule has 0 saturated carbocycles. The topological polar surface area (TPSA) is 45.0 Å². The van der Waals surface area contributed by atoms with Crippen molar-refractivity contribution in [1.82, 2.24) is 0 Å². The monoisotopic (exact) mass is 323 g/mol. The number of carbonyl (C=O) groups excluding carboxylic acids is 1. The Morgan fingerprint density at radius 1 is 1.09 bits per heavy atom. The predicted octanol–water partition coefficient (Wildman–Crippen LogP) is 3.86. The molecule has 1 aliphatic heterocycles. The van der Waals surface area contributed by atoms with Crippen molar-refractivity contribution >= 4 is 34.2 Å². The Balaban J connectivity index is 1.87. The Kier molecular flexibility index (Phi) is 4.57. The van der Waals surface area contributed by atoms with Crippen molar-refractivity contribution in [3.63, 3.8) is 0 Å². The van der Waals surface area contributed by atoms with Gasteiger partial charge in [0, 0.05) is 0 Å². The minimum atomic E-state index is 0.0307. The molecule has 0 atom stereocenters. The summed E-state index contributed by atoms with van der Waals surface area (Å²) in [4.78, 5) is 13.7. The van der Waals surface area contributed by atoms with Crippen LogP contribution in [-0.4, -0.2) is 22.5 Å². The van der Waals surface area contributed by atoms with Crippen molar-refractivity contribution in [2.45, 2.75) is 13.8 Å². The summed E-state index contributed by atoms with van der Waals surface area (Å²) in [5.74, 6) is 0.426. The van der Waals surface area contributed by atoms with Gasteiger partial charge in [0.1, 0.15) is 0 Å². The van der Waals surface area contributed by atoms with E-state index in [9.17, 15) is 4.79 Å². The maximum Gasteiger partial charge on any atom is 0.243 e. The number of carbonyl (C=O) groups is 1. The number of nitrogens with zero attached hydrogens (tertiary/aromatic N) is 3. The summed E-state index contributed by atoms with van der Waals surface area (Å²) in [7, 11) is 0. The van der Waals surface area contributed by atoms with Crippen LogP contribution in [0.1, 0.15) is 18.1 Å². The van der Waals surface area contributed by atoms with Crippen molar-refractivity contribution in [2.24, 2.45) is 10.2 Å². The third kappa shape index (κ3) is 3.51. The Morgan fingerprint density at radius 2 is 1.78 bits per heavy atom. The molecule has 3 rings (SSSR count). The lowest BCUT2D eigenvalue weighted by molar-refractivity contribution is -0.115. The fourth-order valence-corrected chi connectivity index (χ4v) is 3.05. The second-order valence-corrected chi connectivity index (χ2v) is 6.23. The van der Waals surface area contributed by atoms with Crippen LogP contribution in [0.5, 0.6) is 0 Å². The normalized spacial score (nSPS) is 17.1. The van der Waals surface area contributed by atoms with Crippen LogP contribution in [0, 0.1) is 6.92 Å². The van der Waals surface area contributed by atoms with Crippen LogP contribution in [-0.2, 0) is 4.79 Å². The molecule has 2 aromatic rings. The van der Waals surface area contributed by atoms with Crippen molar-refractivity contribution in [2.75, 3.05) is 10.7 Å². The molecule has 1 heterocycles. The van der Waals surface area contributed by atoms with Gasteiger partial charge in [0.25, 0.3) is 0 Å². The van der Waals surface area contributed by atoms with Crippen LogP contribution in [0.2, 0.25) is 0 Å². The molecule has 23 heavy (non-hydrogen) atoms. The molecule has 0 N–H and O–H groups in total. The van der Waals surface area contributed by atoms with E-state index in [4.69, 9.17) is 0 Å². The minimum absolute atomic E-state index is 0.0307. The number of amidine groups is 1. The van der Waals surface area contributed by atoms with E-state index in [1.54, 1.807) is 4.90 Å². The summed E-state index contributed by atoms with van der Waals surface area (Å²) in [6.45, 7) is 3.97. The molecule has 1 saturated heterocycles. The molecule has 1 fully saturated rings. The number of benzene rings is 2. The molecule has 1 aliphatic rings. The van der Waals surface area contributed by atoms with E-state index in [1.165, 1.54) is 17.3 Å². The number of thioether (sulfide) groups is 1. The van der Waals surface area contributed by atoms with Crippen molar-refractivity contribution < 1.29 is 4.79 Å². The molecule has 0 aliphatic carbocycles. The molecule has 5 heteroatoms. The number of aryl methyl sites for hydroxylation is 1. The first kappa shape index (κ1) is 15.5. The second kappa shape index (κ2) is 6.79. The molecule has 0 unspecified atom stereocenters. The maximum atomic E-state index is 12.1. The summed E-state index contributed by atoms with van der Waals surface area (Å²) in [5, 5.41) is 9.23. The van der Waals surface area contributed by atoms with Crippen molar-refractivity contribution in [1.29, 1.82) is 0 Å². The summed E-state index contributed by atoms with van der Waals surface area (Å²) < 4.78 is 0. The van der Waals surface area contributed by atoms with E-state index >= 15 is 0 Å². The lowest BCUT2D eigenvalue weighted by Crippen LogP contribution is -2.28. The summed E-state index contributed by atoms with van der Waals surface area (Å²) in [6, 6.07) is 17.7. The van der Waals surface area contributed by atoms with Gasteiger partial charge in [-0.3, -0.25) is 9.69 Å². The second-order valence-electron chi connectivity index (χ2n) is 5.29. The molecule has 1 amide bonds. The van der Waals surface area contributed by atoms with E-state index in [-0.39, 0.29) is 5.91 Å². The van der Waals surface area contributed by atoms with E-state index in [2.05, 4.69) is 17.1 Å². The van der Waals surface area contributed by atoms with Gasteiger partial charge in [0.15, 0.2) is 5.17 Å². The molecule has 0 spiro atoms. The van der Waals surface area contributed by atoms with Gasteiger partial charge in [-0.2, -0.15) is 5.10 Å². The first-order valence-corrected chi connectivity index (χ1v) is 8.34. The highest BCUT2D eigenvalue weighted by atomic mass is 32.2. The molecular weight excluding hydrogens is 306 g/mol. The maximum absolute atomic E-state index is 12.1. The zero-order chi connectivity index (χ0) is 16.2. The number of hydrogen-bond donors (Lipinski definition) is 0. The number of para-hydroxylation sites is 1. The van der Waals surface area contributed by atoms with Crippen LogP contribution >= 0.6 is 11.8 Å². The first-order valence-electron chi connectivity index (χ1n) is 7.35. The molecular formula is C18H17N3OS. The predicted molar refractivity (Wildman–Crippen MR) is 97.2 cm³/mol. The summed E-state index contributed by atoms with van der Waals surface area (Å²) in [6.07, 6.45) is 0. The van der Waals surface area contributed by atoms with Crippen LogP contribution < -0.4 is 4.90 Å². The van der Waals surface area contributed by atoms with Crippen LogP contribution in [0.15, 0.2) is 64.8 Å². The van der Waals surface area contributed by atoms with E-state index < -0.39 is 0 Å². The first-order chi connectivity index (χ1) is 11.1. The van der Waals surface area contributed by atoms with Gasteiger partial charge in [0.2, 0.25) is 5.91 Å². The minimum Gasteiger partial charge on any atom is -0.273 e. The Bertz CT molecular complexity index is 767. The average Bonchev–Trinajstić information content (AvgIpc) is 2.95. The highest BCUT2D eigenvalue weighted by molar-refractivity contribution is 8.15.